The van der Waals surface area contributed by atoms with Crippen molar-refractivity contribution in [1.29, 1.82) is 0 Å². The second-order valence-corrected chi connectivity index (χ2v) is 14.9. The lowest BCUT2D eigenvalue weighted by atomic mass is 9.96. The van der Waals surface area contributed by atoms with Crippen LogP contribution in [0.25, 0.3) is 0 Å². The molecule has 3 rings (SSSR count). The molecule has 0 aliphatic carbocycles. The van der Waals surface area contributed by atoms with Gasteiger partial charge in [0.05, 0.1) is 32.0 Å². The number of aliphatic hydroxyl groups is 8. The average molecular weight is 855 g/mol. The van der Waals surface area contributed by atoms with Crippen molar-refractivity contribution in [3.8, 4) is 0 Å². The lowest BCUT2D eigenvalue weighted by Crippen LogP contribution is -2.66. The molecule has 0 radical (unpaired) electrons. The number of amides is 2. The Hall–Kier alpha value is -2.81. The number of likely N-dealkylation sites (N-methyl/N-ethyl adjacent to an activating group) is 1. The van der Waals surface area contributed by atoms with Crippen molar-refractivity contribution in [2.24, 2.45) is 0 Å². The molecule has 0 aromatic rings. The molecular weight excluding hydrogens is 792 g/mol. The number of hydrogen-bond acceptors (Lipinski definition) is 19. The molecule has 0 aromatic heterocycles. The normalized spacial score (nSPS) is 33.6. The Bertz CT molecular complexity index is 1330. The number of rotatable bonds is 25. The van der Waals surface area contributed by atoms with Crippen LogP contribution in [0, 0.1) is 0 Å². The Morgan fingerprint density at radius 2 is 1.32 bits per heavy atom. The van der Waals surface area contributed by atoms with Gasteiger partial charge < -0.3 is 84.6 Å². The Morgan fingerprint density at radius 3 is 1.95 bits per heavy atom. The van der Waals surface area contributed by atoms with E-state index in [0.717, 1.165) is 4.90 Å². The van der Waals surface area contributed by atoms with Gasteiger partial charge in [-0.2, -0.15) is 0 Å². The van der Waals surface area contributed by atoms with Gasteiger partial charge in [-0.15, -0.1) is 0 Å². The van der Waals surface area contributed by atoms with E-state index >= 15 is 0 Å². The van der Waals surface area contributed by atoms with E-state index in [1.54, 1.807) is 6.92 Å². The third-order valence-electron chi connectivity index (χ3n) is 10.3. The molecule has 3 saturated heterocycles. The largest absolute Gasteiger partial charge is 0.480 e. The molecule has 340 valence electrons. The second-order valence-electron chi connectivity index (χ2n) is 14.9. The van der Waals surface area contributed by atoms with Crippen LogP contribution in [0.1, 0.15) is 78.1 Å². The molecule has 5 unspecified atom stereocenters. The van der Waals surface area contributed by atoms with Crippen LogP contribution in [0.4, 0.5) is 0 Å². The molecule has 0 saturated carbocycles. The topological polar surface area (TPSA) is 338 Å². The van der Waals surface area contributed by atoms with Gasteiger partial charge in [0, 0.05) is 51.7 Å². The molecule has 3 heterocycles. The molecule has 10 N–H and O–H groups in total. The fourth-order valence-electron chi connectivity index (χ4n) is 6.77. The SMILES string of the molecule is CCN(CC(=O)O)C(=O)CCC(=O)CNC(=O)CCCCC(=O)CCCCO[C@@H]1OC(CO)[C@H](O)C(O[C@@H]2OC(CO)[C@H](O)C(O)[C@H]2O)[C@H]1O[C@H]1C[C@H](O)[C@@H](O)C(C)O1. The number of carboxylic acids is 1. The number of nitrogens with one attached hydrogen (secondary N) is 1. The highest BCUT2D eigenvalue weighted by molar-refractivity contribution is 5.89. The minimum Gasteiger partial charge on any atom is -0.480 e. The van der Waals surface area contributed by atoms with Gasteiger partial charge in [0.1, 0.15) is 67.3 Å². The predicted octanol–water partition coefficient (Wildman–Crippen LogP) is -3.79. The number of carbonyl (C=O) groups excluding carboxylic acids is 4. The molecule has 22 heteroatoms. The Labute approximate surface area is 341 Å². The van der Waals surface area contributed by atoms with E-state index in [9.17, 15) is 64.8 Å². The molecule has 3 fully saturated rings. The molecular formula is C37H62N2O20. The lowest BCUT2D eigenvalue weighted by molar-refractivity contribution is -0.382. The summed E-state index contributed by atoms with van der Waals surface area (Å²) < 4.78 is 34.9. The van der Waals surface area contributed by atoms with E-state index in [1.165, 1.54) is 6.92 Å². The van der Waals surface area contributed by atoms with Gasteiger partial charge in [-0.3, -0.25) is 24.0 Å². The molecule has 0 aromatic carbocycles. The minimum atomic E-state index is -1.86. The number of unbranched alkanes of at least 4 members (excludes halogenated alkanes) is 2. The van der Waals surface area contributed by atoms with Gasteiger partial charge >= 0.3 is 5.97 Å². The van der Waals surface area contributed by atoms with Crippen LogP contribution in [0.5, 0.6) is 0 Å². The van der Waals surface area contributed by atoms with Gasteiger partial charge in [0.25, 0.3) is 0 Å². The zero-order valence-electron chi connectivity index (χ0n) is 33.4. The van der Waals surface area contributed by atoms with Crippen LogP contribution in [0.15, 0.2) is 0 Å². The molecule has 59 heavy (non-hydrogen) atoms. The van der Waals surface area contributed by atoms with Crippen molar-refractivity contribution in [3.63, 3.8) is 0 Å². The fourth-order valence-corrected chi connectivity index (χ4v) is 6.77. The van der Waals surface area contributed by atoms with Crippen LogP contribution in [0.2, 0.25) is 0 Å². The van der Waals surface area contributed by atoms with Crippen LogP contribution in [0.3, 0.4) is 0 Å². The highest BCUT2D eigenvalue weighted by Crippen LogP contribution is 2.33. The van der Waals surface area contributed by atoms with E-state index in [-0.39, 0.29) is 69.8 Å². The highest BCUT2D eigenvalue weighted by atomic mass is 16.8. The summed E-state index contributed by atoms with van der Waals surface area (Å²) in [4.78, 5) is 60.9. The number of hydrogen-bond donors (Lipinski definition) is 10. The minimum absolute atomic E-state index is 0.0195. The predicted molar refractivity (Wildman–Crippen MR) is 197 cm³/mol. The van der Waals surface area contributed by atoms with Crippen molar-refractivity contribution in [2.75, 3.05) is 39.5 Å². The first-order chi connectivity index (χ1) is 28.0. The number of nitrogens with zero attached hydrogens (tertiary/aromatic N) is 1. The summed E-state index contributed by atoms with van der Waals surface area (Å²) >= 11 is 0. The monoisotopic (exact) mass is 854 g/mol. The number of aliphatic hydroxyl groups excluding tert-OH is 8. The number of aliphatic carboxylic acids is 1. The number of Topliss-reactive ketones (excluding diaryl/α,β-unsaturated/α-hetero) is 2. The van der Waals surface area contributed by atoms with E-state index in [4.69, 9.17) is 33.5 Å². The van der Waals surface area contributed by atoms with Gasteiger partial charge in [-0.05, 0) is 39.5 Å². The van der Waals surface area contributed by atoms with Crippen LogP contribution < -0.4 is 5.32 Å². The number of carboxylic acid groups (broad SMARTS) is 1. The fraction of sp³-hybridized carbons (Fsp3) is 0.865. The summed E-state index contributed by atoms with van der Waals surface area (Å²) in [5, 5.41) is 93.9. The van der Waals surface area contributed by atoms with E-state index in [1.807, 2.05) is 0 Å². The summed E-state index contributed by atoms with van der Waals surface area (Å²) in [6, 6.07) is 0. The number of ketones is 2. The first kappa shape index (κ1) is 50.5. The maximum Gasteiger partial charge on any atom is 0.323 e. The molecule has 3 aliphatic rings. The Morgan fingerprint density at radius 1 is 0.695 bits per heavy atom. The second kappa shape index (κ2) is 25.2. The Kier molecular flexibility index (Phi) is 21.6. The van der Waals surface area contributed by atoms with Gasteiger partial charge in [-0.1, -0.05) is 0 Å². The summed E-state index contributed by atoms with van der Waals surface area (Å²) in [6.07, 6.45) is -18.8. The average Bonchev–Trinajstić information content (AvgIpc) is 3.20. The van der Waals surface area contributed by atoms with Crippen molar-refractivity contribution in [3.05, 3.63) is 0 Å². The molecule has 2 amide bonds. The Balaban J connectivity index is 1.47. The zero-order valence-corrected chi connectivity index (χ0v) is 33.4. The number of ether oxygens (including phenoxy) is 6. The van der Waals surface area contributed by atoms with Crippen LogP contribution in [-0.2, 0) is 52.4 Å². The van der Waals surface area contributed by atoms with E-state index in [2.05, 4.69) is 5.32 Å². The first-order valence-electron chi connectivity index (χ1n) is 20.0. The summed E-state index contributed by atoms with van der Waals surface area (Å²) in [5.41, 5.74) is 0. The molecule has 0 bridgehead atoms. The smallest absolute Gasteiger partial charge is 0.323 e. The molecule has 0 spiro atoms. The van der Waals surface area contributed by atoms with Gasteiger partial charge in [0.2, 0.25) is 11.8 Å². The van der Waals surface area contributed by atoms with E-state index in [0.29, 0.717) is 25.7 Å². The maximum atomic E-state index is 12.5. The molecule has 22 nitrogen and oxygen atoms in total. The lowest BCUT2D eigenvalue weighted by Gasteiger charge is -2.48. The van der Waals surface area contributed by atoms with Crippen molar-refractivity contribution in [1.82, 2.24) is 10.2 Å². The van der Waals surface area contributed by atoms with Crippen LogP contribution >= 0.6 is 0 Å². The maximum absolute atomic E-state index is 12.5. The zero-order chi connectivity index (χ0) is 43.8. The highest BCUT2D eigenvalue weighted by Gasteiger charge is 2.53. The van der Waals surface area contributed by atoms with Crippen molar-refractivity contribution in [2.45, 2.75) is 164 Å². The summed E-state index contributed by atoms with van der Waals surface area (Å²) in [5.74, 6) is -2.46. The third-order valence-corrected chi connectivity index (χ3v) is 10.3. The van der Waals surface area contributed by atoms with Crippen LogP contribution in [-0.4, -0.2) is 206 Å². The molecule has 3 aliphatic heterocycles. The first-order valence-corrected chi connectivity index (χ1v) is 20.0. The van der Waals surface area contributed by atoms with E-state index < -0.39 is 124 Å². The third kappa shape index (κ3) is 15.6. The summed E-state index contributed by atoms with van der Waals surface area (Å²) in [7, 11) is 0. The van der Waals surface area contributed by atoms with Crippen molar-refractivity contribution >= 4 is 29.4 Å². The summed E-state index contributed by atoms with van der Waals surface area (Å²) in [6.45, 7) is 1.08. The molecule has 14 atom stereocenters. The van der Waals surface area contributed by atoms with Crippen molar-refractivity contribution < 1.29 is 98.4 Å². The van der Waals surface area contributed by atoms with Gasteiger partial charge in [-0.25, -0.2) is 0 Å². The standard InChI is InChI=1S/C37H62N2O20/c1-3-39(16-27(47)48)26(46)12-11-21(43)15-38-25(45)10-5-4-8-20(42)9-6-7-13-54-37-35(58-28-14-22(44)29(49)19(2)55-28)34(31(51)24(18-41)57-37)59-36-33(53)32(52)30(50)23(17-40)56-36/h19,22-24,28-37,40-41,44,49-53H,3-18H2,1-2H3,(H,38,45)(H,47,48)/t19?,22-,23?,24?,28-,29-,30-,31-,32?,33+,34?,35+,36-,37+/m0/s1. The number of carbonyl (C=O) groups is 5. The quantitative estimate of drug-likeness (QED) is 0.0394. The van der Waals surface area contributed by atoms with Gasteiger partial charge in [0.15, 0.2) is 24.7 Å².